The van der Waals surface area contributed by atoms with Crippen LogP contribution < -0.4 is 20.9 Å². The van der Waals surface area contributed by atoms with Crippen LogP contribution in [0.15, 0.2) is 48.5 Å². The number of nitrogens with one attached hydrogen (secondary N) is 3. The lowest BCUT2D eigenvalue weighted by Gasteiger charge is -2.11. The number of benzene rings is 2. The second-order valence-electron chi connectivity index (χ2n) is 5.68. The first kappa shape index (κ1) is 22.1. The third-order valence-electron chi connectivity index (χ3n) is 3.57. The molecule has 0 aliphatic rings. The molecule has 0 aliphatic heterocycles. The molecule has 152 valence electrons. The average molecular weight is 437 g/mol. The van der Waals surface area contributed by atoms with E-state index in [1.165, 1.54) is 24.3 Å². The van der Waals surface area contributed by atoms with Gasteiger partial charge in [0.1, 0.15) is 5.75 Å². The molecule has 0 aromatic heterocycles. The molecular formula is C18H17ClN4O5S. The Morgan fingerprint density at radius 2 is 1.76 bits per heavy atom. The Morgan fingerprint density at radius 3 is 2.41 bits per heavy atom. The first-order valence-corrected chi connectivity index (χ1v) is 9.13. The van der Waals surface area contributed by atoms with Gasteiger partial charge in [-0.1, -0.05) is 29.8 Å². The summed E-state index contributed by atoms with van der Waals surface area (Å²) in [5.74, 6) is -0.601. The fourth-order valence-corrected chi connectivity index (χ4v) is 2.54. The van der Waals surface area contributed by atoms with Gasteiger partial charge in [0.05, 0.1) is 4.92 Å². The van der Waals surface area contributed by atoms with Crippen LogP contribution >= 0.6 is 23.8 Å². The van der Waals surface area contributed by atoms with Gasteiger partial charge in [0, 0.05) is 23.6 Å². The smallest absolute Gasteiger partial charge is 0.276 e. The van der Waals surface area contributed by atoms with E-state index in [9.17, 15) is 19.7 Å². The molecule has 0 unspecified atom stereocenters. The first-order chi connectivity index (χ1) is 13.8. The topological polar surface area (TPSA) is 123 Å². The van der Waals surface area contributed by atoms with Crippen LogP contribution in [-0.4, -0.2) is 28.5 Å². The van der Waals surface area contributed by atoms with Crippen molar-refractivity contribution >= 4 is 46.4 Å². The van der Waals surface area contributed by atoms with Gasteiger partial charge in [0.2, 0.25) is 5.91 Å². The molecule has 0 aliphatic carbocycles. The summed E-state index contributed by atoms with van der Waals surface area (Å²) in [6, 6.07) is 12.5. The summed E-state index contributed by atoms with van der Waals surface area (Å²) in [4.78, 5) is 33.7. The molecule has 9 nitrogen and oxygen atoms in total. The van der Waals surface area contributed by atoms with Crippen LogP contribution in [-0.2, 0) is 16.0 Å². The molecule has 2 aromatic carbocycles. The maximum Gasteiger partial charge on any atom is 0.276 e. The number of hydrogen-bond donors (Lipinski definition) is 3. The van der Waals surface area contributed by atoms with E-state index in [2.05, 4.69) is 16.2 Å². The number of ether oxygens (including phenoxy) is 1. The average Bonchev–Trinajstić information content (AvgIpc) is 2.70. The van der Waals surface area contributed by atoms with Crippen LogP contribution in [0.4, 0.5) is 5.69 Å². The van der Waals surface area contributed by atoms with Gasteiger partial charge in [-0.2, -0.15) is 0 Å². The molecule has 3 N–H and O–H groups in total. The number of aryl methyl sites for hydroxylation is 1. The van der Waals surface area contributed by atoms with E-state index < -0.39 is 10.8 Å². The predicted molar refractivity (Wildman–Crippen MR) is 110 cm³/mol. The quantitative estimate of drug-likeness (QED) is 0.345. The van der Waals surface area contributed by atoms with Crippen molar-refractivity contribution < 1.29 is 19.2 Å². The summed E-state index contributed by atoms with van der Waals surface area (Å²) in [7, 11) is 0. The molecule has 11 heteroatoms. The normalized spacial score (nSPS) is 9.97. The number of nitrogens with zero attached hydrogens (tertiary/aromatic N) is 1. The van der Waals surface area contributed by atoms with E-state index in [0.717, 1.165) is 5.56 Å². The van der Waals surface area contributed by atoms with Crippen LogP contribution in [0, 0.1) is 10.1 Å². The number of thiocarbonyl (C=S) groups is 1. The summed E-state index contributed by atoms with van der Waals surface area (Å²) in [6.07, 6.45) is 0.617. The maximum absolute atomic E-state index is 11.9. The molecule has 0 bridgehead atoms. The Bertz CT molecular complexity index is 907. The first-order valence-electron chi connectivity index (χ1n) is 8.34. The second-order valence-corrected chi connectivity index (χ2v) is 6.50. The van der Waals surface area contributed by atoms with Crippen LogP contribution in [0.2, 0.25) is 5.02 Å². The number of hydrogen-bond acceptors (Lipinski definition) is 6. The van der Waals surface area contributed by atoms with Crippen molar-refractivity contribution in [3.05, 3.63) is 69.2 Å². The van der Waals surface area contributed by atoms with Crippen molar-refractivity contribution in [1.82, 2.24) is 16.2 Å². The SMILES string of the molecule is O=C(COc1ccc([N+](=O)[O-])cc1)NNC(=S)NC(=O)CCc1ccccc1Cl. The highest BCUT2D eigenvalue weighted by atomic mass is 35.5. The minimum absolute atomic E-state index is 0.0714. The van der Waals surface area contributed by atoms with Crippen molar-refractivity contribution in [3.8, 4) is 5.75 Å². The number of halogens is 1. The van der Waals surface area contributed by atoms with E-state index in [0.29, 0.717) is 17.2 Å². The summed E-state index contributed by atoms with van der Waals surface area (Å²) in [5, 5.41) is 13.5. The number of amides is 2. The van der Waals surface area contributed by atoms with Gasteiger partial charge in [-0.05, 0) is 42.4 Å². The molecule has 0 saturated heterocycles. The van der Waals surface area contributed by atoms with E-state index in [4.69, 9.17) is 28.6 Å². The number of non-ortho nitro benzene ring substituents is 1. The van der Waals surface area contributed by atoms with E-state index >= 15 is 0 Å². The largest absolute Gasteiger partial charge is 0.484 e. The standard InChI is InChI=1S/C18H17ClN4O5S/c19-15-4-2-1-3-12(15)5-10-16(24)20-18(29)22-21-17(25)11-28-14-8-6-13(7-9-14)23(26)27/h1-4,6-9H,5,10-11H2,(H,21,25)(H2,20,22,24,29). The van der Waals surface area contributed by atoms with Gasteiger partial charge in [-0.25, -0.2) is 0 Å². The monoisotopic (exact) mass is 436 g/mol. The fourth-order valence-electron chi connectivity index (χ4n) is 2.15. The number of rotatable bonds is 7. The van der Waals surface area contributed by atoms with Crippen molar-refractivity contribution in [2.75, 3.05) is 6.61 Å². The van der Waals surface area contributed by atoms with Gasteiger partial charge in [-0.3, -0.25) is 30.6 Å². The van der Waals surface area contributed by atoms with Crippen LogP contribution in [0.3, 0.4) is 0 Å². The molecule has 0 radical (unpaired) electrons. The Morgan fingerprint density at radius 1 is 1.07 bits per heavy atom. The summed E-state index contributed by atoms with van der Waals surface area (Å²) in [6.45, 7) is -0.353. The Balaban J connectivity index is 1.66. The Labute approximate surface area is 176 Å². The molecule has 2 amide bonds. The third-order valence-corrected chi connectivity index (χ3v) is 4.14. The van der Waals surface area contributed by atoms with Gasteiger partial charge < -0.3 is 10.1 Å². The van der Waals surface area contributed by atoms with Gasteiger partial charge in [0.25, 0.3) is 11.6 Å². The fraction of sp³-hybridized carbons (Fsp3) is 0.167. The minimum Gasteiger partial charge on any atom is -0.484 e. The maximum atomic E-state index is 11.9. The minimum atomic E-state index is -0.559. The molecule has 0 saturated carbocycles. The summed E-state index contributed by atoms with van der Waals surface area (Å²) in [5.41, 5.74) is 5.42. The molecule has 2 rings (SSSR count). The van der Waals surface area contributed by atoms with E-state index in [1.807, 2.05) is 12.1 Å². The van der Waals surface area contributed by atoms with Crippen LogP contribution in [0.25, 0.3) is 0 Å². The number of hydrazine groups is 1. The Hall–Kier alpha value is -3.24. The van der Waals surface area contributed by atoms with Gasteiger partial charge >= 0.3 is 0 Å². The molecule has 0 fully saturated rings. The number of carbonyl (C=O) groups excluding carboxylic acids is 2. The second kappa shape index (κ2) is 10.9. The molecule has 29 heavy (non-hydrogen) atoms. The number of nitro groups is 1. The summed E-state index contributed by atoms with van der Waals surface area (Å²) < 4.78 is 5.20. The number of nitro benzene ring substituents is 1. The van der Waals surface area contributed by atoms with Gasteiger partial charge in [-0.15, -0.1) is 0 Å². The lowest BCUT2D eigenvalue weighted by atomic mass is 10.1. The van der Waals surface area contributed by atoms with Crippen molar-refractivity contribution in [1.29, 1.82) is 0 Å². The number of carbonyl (C=O) groups is 2. The predicted octanol–water partition coefficient (Wildman–Crippen LogP) is 2.28. The zero-order valence-electron chi connectivity index (χ0n) is 15.0. The van der Waals surface area contributed by atoms with Crippen molar-refractivity contribution in [3.63, 3.8) is 0 Å². The lowest BCUT2D eigenvalue weighted by molar-refractivity contribution is -0.384. The summed E-state index contributed by atoms with van der Waals surface area (Å²) >= 11 is 11.0. The third kappa shape index (κ3) is 7.72. The van der Waals surface area contributed by atoms with Gasteiger partial charge in [0.15, 0.2) is 11.7 Å². The highest BCUT2D eigenvalue weighted by Gasteiger charge is 2.09. The zero-order valence-corrected chi connectivity index (χ0v) is 16.6. The molecule has 2 aromatic rings. The molecular weight excluding hydrogens is 420 g/mol. The van der Waals surface area contributed by atoms with Crippen molar-refractivity contribution in [2.24, 2.45) is 0 Å². The highest BCUT2D eigenvalue weighted by molar-refractivity contribution is 7.80. The zero-order chi connectivity index (χ0) is 21.2. The van der Waals surface area contributed by atoms with Crippen LogP contribution in [0.1, 0.15) is 12.0 Å². The molecule has 0 atom stereocenters. The van der Waals surface area contributed by atoms with E-state index in [-0.39, 0.29) is 29.7 Å². The highest BCUT2D eigenvalue weighted by Crippen LogP contribution is 2.17. The Kier molecular flexibility index (Phi) is 8.31. The van der Waals surface area contributed by atoms with E-state index in [1.54, 1.807) is 12.1 Å². The van der Waals surface area contributed by atoms with Crippen molar-refractivity contribution in [2.45, 2.75) is 12.8 Å². The van der Waals surface area contributed by atoms with Crippen LogP contribution in [0.5, 0.6) is 5.75 Å². The lowest BCUT2D eigenvalue weighted by Crippen LogP contribution is -2.49. The molecule has 0 heterocycles. The molecule has 0 spiro atoms.